The molecule has 0 heterocycles. The van der Waals surface area contributed by atoms with Gasteiger partial charge >= 0.3 is 0 Å². The van der Waals surface area contributed by atoms with Crippen LogP contribution in [0.1, 0.15) is 28.7 Å². The van der Waals surface area contributed by atoms with Crippen molar-refractivity contribution < 1.29 is 14.3 Å². The van der Waals surface area contributed by atoms with Crippen molar-refractivity contribution in [1.29, 1.82) is 0 Å². The summed E-state index contributed by atoms with van der Waals surface area (Å²) >= 11 is 5.97. The summed E-state index contributed by atoms with van der Waals surface area (Å²) in [6.45, 7) is 4.31. The molecule has 0 radical (unpaired) electrons. The van der Waals surface area contributed by atoms with Gasteiger partial charge < -0.3 is 10.1 Å². The molecule has 0 aliphatic carbocycles. The first-order valence-electron chi connectivity index (χ1n) is 11.5. The Kier molecular flexibility index (Phi) is 7.98. The summed E-state index contributed by atoms with van der Waals surface area (Å²) in [5, 5.41) is 9.44. The molecule has 4 rings (SSSR count). The highest BCUT2D eigenvalue weighted by atomic mass is 35.5. The maximum atomic E-state index is 12.3. The second-order valence-corrected chi connectivity index (χ2v) is 8.87. The molecule has 2 amide bonds. The van der Waals surface area contributed by atoms with Crippen LogP contribution in [0.5, 0.6) is 5.75 Å². The Balaban J connectivity index is 1.43. The highest BCUT2D eigenvalue weighted by molar-refractivity contribution is 6.30. The molecule has 0 unspecified atom stereocenters. The highest BCUT2D eigenvalue weighted by Crippen LogP contribution is 2.27. The first-order valence-corrected chi connectivity index (χ1v) is 11.8. The smallest absolute Gasteiger partial charge is 0.249 e. The van der Waals surface area contributed by atoms with Crippen LogP contribution < -0.4 is 15.5 Å². The summed E-state index contributed by atoms with van der Waals surface area (Å²) in [6.07, 6.45) is 1.19. The zero-order valence-electron chi connectivity index (χ0n) is 20.0. The van der Waals surface area contributed by atoms with Crippen molar-refractivity contribution >= 4 is 46.1 Å². The minimum atomic E-state index is -0.517. The average molecular weight is 500 g/mol. The fourth-order valence-corrected chi connectivity index (χ4v) is 3.78. The Morgan fingerprint density at radius 1 is 0.917 bits per heavy atom. The van der Waals surface area contributed by atoms with E-state index in [9.17, 15) is 9.59 Å². The average Bonchev–Trinajstić information content (AvgIpc) is 2.86. The van der Waals surface area contributed by atoms with Gasteiger partial charge in [0.2, 0.25) is 11.8 Å². The number of rotatable bonds is 8. The van der Waals surface area contributed by atoms with E-state index in [1.807, 2.05) is 92.7 Å². The van der Waals surface area contributed by atoms with Gasteiger partial charge in [0.15, 0.2) is 0 Å². The predicted molar refractivity (Wildman–Crippen MR) is 145 cm³/mol. The fourth-order valence-electron chi connectivity index (χ4n) is 3.65. The number of benzene rings is 4. The third kappa shape index (κ3) is 6.49. The van der Waals surface area contributed by atoms with E-state index in [-0.39, 0.29) is 6.42 Å². The maximum Gasteiger partial charge on any atom is 0.249 e. The Hall–Kier alpha value is -4.16. The van der Waals surface area contributed by atoms with E-state index in [0.717, 1.165) is 33.0 Å². The second-order valence-electron chi connectivity index (χ2n) is 8.43. The Bertz CT molecular complexity index is 1430. The van der Waals surface area contributed by atoms with Crippen LogP contribution >= 0.6 is 11.6 Å². The number of nitrogens with one attached hydrogen (secondary N) is 2. The van der Waals surface area contributed by atoms with E-state index >= 15 is 0 Å². The van der Waals surface area contributed by atoms with Crippen molar-refractivity contribution in [1.82, 2.24) is 5.43 Å². The number of amides is 2. The van der Waals surface area contributed by atoms with Crippen molar-refractivity contribution in [3.63, 3.8) is 0 Å². The van der Waals surface area contributed by atoms with Crippen LogP contribution in [-0.4, -0.2) is 18.0 Å². The zero-order chi connectivity index (χ0) is 25.5. The van der Waals surface area contributed by atoms with Crippen LogP contribution in [0.25, 0.3) is 10.8 Å². The quantitative estimate of drug-likeness (QED) is 0.173. The summed E-state index contributed by atoms with van der Waals surface area (Å²) in [4.78, 5) is 24.6. The summed E-state index contributed by atoms with van der Waals surface area (Å²) in [5.74, 6) is -0.311. The molecule has 0 bridgehead atoms. The molecule has 6 nitrogen and oxygen atoms in total. The first kappa shape index (κ1) is 24.9. The van der Waals surface area contributed by atoms with Crippen LogP contribution in [0, 0.1) is 13.8 Å². The Morgan fingerprint density at radius 3 is 2.47 bits per heavy atom. The molecule has 0 atom stereocenters. The summed E-state index contributed by atoms with van der Waals surface area (Å²) in [6, 6.07) is 24.7. The van der Waals surface area contributed by atoms with Crippen LogP contribution in [0.15, 0.2) is 84.0 Å². The van der Waals surface area contributed by atoms with E-state index < -0.39 is 11.8 Å². The molecule has 0 aliphatic heterocycles. The van der Waals surface area contributed by atoms with Crippen LogP contribution in [-0.2, 0) is 16.2 Å². The molecular weight excluding hydrogens is 474 g/mol. The standard InChI is InChI=1S/C29H26ClN3O3/c1-19-7-13-24(15-20(19)2)32-28(34)16-29(35)33-31-17-26-25-6-4-3-5-22(25)10-14-27(26)36-18-21-8-11-23(30)12-9-21/h3-15,17H,16,18H2,1-2H3,(H,32,34)(H,33,35). The van der Waals surface area contributed by atoms with E-state index in [0.29, 0.717) is 23.1 Å². The number of hydrogen-bond donors (Lipinski definition) is 2. The number of halogens is 1. The number of ether oxygens (including phenoxy) is 1. The lowest BCUT2D eigenvalue weighted by Crippen LogP contribution is -2.24. The minimum Gasteiger partial charge on any atom is -0.488 e. The molecule has 2 N–H and O–H groups in total. The molecule has 0 fully saturated rings. The minimum absolute atomic E-state index is 0.347. The number of hydrazone groups is 1. The van der Waals surface area contributed by atoms with Crippen molar-refractivity contribution in [2.45, 2.75) is 26.9 Å². The fraction of sp³-hybridized carbons (Fsp3) is 0.138. The van der Waals surface area contributed by atoms with Gasteiger partial charge in [0, 0.05) is 16.3 Å². The molecular formula is C29H26ClN3O3. The van der Waals surface area contributed by atoms with E-state index in [1.54, 1.807) is 6.21 Å². The van der Waals surface area contributed by atoms with Gasteiger partial charge in [-0.05, 0) is 71.6 Å². The lowest BCUT2D eigenvalue weighted by Gasteiger charge is -2.12. The number of nitrogens with zero attached hydrogens (tertiary/aromatic N) is 1. The number of aryl methyl sites for hydroxylation is 2. The van der Waals surface area contributed by atoms with E-state index in [4.69, 9.17) is 16.3 Å². The van der Waals surface area contributed by atoms with Crippen LogP contribution in [0.2, 0.25) is 5.02 Å². The molecule has 36 heavy (non-hydrogen) atoms. The molecule has 182 valence electrons. The molecule has 4 aromatic rings. The molecule has 7 heteroatoms. The number of hydrogen-bond acceptors (Lipinski definition) is 4. The van der Waals surface area contributed by atoms with E-state index in [2.05, 4.69) is 15.8 Å². The molecule has 0 spiro atoms. The molecule has 0 aromatic heterocycles. The lowest BCUT2D eigenvalue weighted by atomic mass is 10.0. The van der Waals surface area contributed by atoms with Crippen molar-refractivity contribution in [3.05, 3.63) is 106 Å². The van der Waals surface area contributed by atoms with E-state index in [1.165, 1.54) is 0 Å². The van der Waals surface area contributed by atoms with Gasteiger partial charge in [-0.3, -0.25) is 9.59 Å². The normalized spacial score (nSPS) is 11.0. The summed E-state index contributed by atoms with van der Waals surface area (Å²) in [7, 11) is 0. The number of anilines is 1. The molecule has 0 saturated carbocycles. The van der Waals surface area contributed by atoms with Gasteiger partial charge in [0.25, 0.3) is 0 Å². The Labute approximate surface area is 214 Å². The predicted octanol–water partition coefficient (Wildman–Crippen LogP) is 6.17. The van der Waals surface area contributed by atoms with Gasteiger partial charge in [-0.2, -0.15) is 5.10 Å². The van der Waals surface area contributed by atoms with Crippen LogP contribution in [0.3, 0.4) is 0 Å². The van der Waals surface area contributed by atoms with Crippen molar-refractivity contribution in [2.24, 2.45) is 5.10 Å². The maximum absolute atomic E-state index is 12.3. The molecule has 0 saturated heterocycles. The van der Waals surface area contributed by atoms with Crippen molar-refractivity contribution in [2.75, 3.05) is 5.32 Å². The van der Waals surface area contributed by atoms with Gasteiger partial charge in [-0.25, -0.2) is 5.43 Å². The van der Waals surface area contributed by atoms with Crippen LogP contribution in [0.4, 0.5) is 5.69 Å². The number of carbonyl (C=O) groups excluding carboxylic acids is 2. The second kappa shape index (κ2) is 11.5. The SMILES string of the molecule is Cc1ccc(NC(=O)CC(=O)NN=Cc2c(OCc3ccc(Cl)cc3)ccc3ccccc23)cc1C. The number of carbonyl (C=O) groups is 2. The Morgan fingerprint density at radius 2 is 1.69 bits per heavy atom. The van der Waals surface area contributed by atoms with Gasteiger partial charge in [-0.1, -0.05) is 60.1 Å². The summed E-state index contributed by atoms with van der Waals surface area (Å²) in [5.41, 5.74) is 6.98. The zero-order valence-corrected chi connectivity index (χ0v) is 20.8. The first-order chi connectivity index (χ1) is 17.4. The largest absolute Gasteiger partial charge is 0.488 e. The molecule has 4 aromatic carbocycles. The lowest BCUT2D eigenvalue weighted by molar-refractivity contribution is -0.126. The third-order valence-corrected chi connectivity index (χ3v) is 5.98. The number of fused-ring (bicyclic) bond motifs is 1. The summed E-state index contributed by atoms with van der Waals surface area (Å²) < 4.78 is 6.07. The molecule has 0 aliphatic rings. The highest BCUT2D eigenvalue weighted by Gasteiger charge is 2.11. The van der Waals surface area contributed by atoms with Gasteiger partial charge in [0.05, 0.1) is 6.21 Å². The third-order valence-electron chi connectivity index (χ3n) is 5.73. The van der Waals surface area contributed by atoms with Crippen molar-refractivity contribution in [3.8, 4) is 5.75 Å². The topological polar surface area (TPSA) is 79.8 Å². The monoisotopic (exact) mass is 499 g/mol. The van der Waals surface area contributed by atoms with Gasteiger partial charge in [-0.15, -0.1) is 0 Å². The van der Waals surface area contributed by atoms with Gasteiger partial charge in [0.1, 0.15) is 18.8 Å².